The third-order valence-electron chi connectivity index (χ3n) is 12.7. The molecule has 0 radical (unpaired) electrons. The van der Waals surface area contributed by atoms with E-state index in [1.54, 1.807) is 12.0 Å². The van der Waals surface area contributed by atoms with E-state index >= 15 is 4.79 Å². The Hall–Kier alpha value is -4.33. The summed E-state index contributed by atoms with van der Waals surface area (Å²) < 4.78 is 13.6. The van der Waals surface area contributed by atoms with Crippen LogP contribution in [0.4, 0.5) is 11.4 Å². The molecule has 0 aromatic heterocycles. The number of benzene rings is 4. The fraction of sp³-hybridized carbons (Fsp3) is 0.386. The molecule has 4 aromatic carbocycles. The molecule has 2 fully saturated rings. The molecule has 5 atom stereocenters. The van der Waals surface area contributed by atoms with Gasteiger partial charge in [0.1, 0.15) is 5.75 Å². The minimum absolute atomic E-state index is 0.0354. The molecule has 0 saturated carbocycles. The topological polar surface area (TPSA) is 112 Å². The molecule has 56 heavy (non-hydrogen) atoms. The Balaban J connectivity index is 1.16. The first-order chi connectivity index (χ1) is 27.0. The van der Waals surface area contributed by atoms with Crippen LogP contribution in [0.15, 0.2) is 95.5 Å². The number of nitrogens with zero attached hydrogens (tertiary/aromatic N) is 3. The number of amides is 3. The number of carbonyl (C=O) groups excluding carboxylic acids is 3. The number of hydrogen-bond donors (Lipinski definition) is 2. The van der Waals surface area contributed by atoms with E-state index in [1.807, 2.05) is 82.6 Å². The van der Waals surface area contributed by atoms with Crippen molar-refractivity contribution in [2.24, 2.45) is 5.92 Å². The molecular weight excluding hydrogens is 788 g/mol. The van der Waals surface area contributed by atoms with Gasteiger partial charge in [0, 0.05) is 41.3 Å². The maximum Gasteiger partial charge on any atom is 0.264 e. The number of aliphatic hydroxyl groups excluding tert-OH is 1. The van der Waals surface area contributed by atoms with Gasteiger partial charge >= 0.3 is 0 Å². The summed E-state index contributed by atoms with van der Waals surface area (Å²) >= 11 is 3.70. The Kier molecular flexibility index (Phi) is 10.5. The van der Waals surface area contributed by atoms with Crippen molar-refractivity contribution in [2.75, 3.05) is 43.2 Å². The van der Waals surface area contributed by atoms with E-state index in [2.05, 4.69) is 59.5 Å². The number of anilines is 2. The van der Waals surface area contributed by atoms with Gasteiger partial charge in [-0.1, -0.05) is 89.7 Å². The van der Waals surface area contributed by atoms with Crippen molar-refractivity contribution in [3.8, 4) is 5.75 Å². The van der Waals surface area contributed by atoms with Crippen LogP contribution in [0.25, 0.3) is 0 Å². The molecule has 0 bridgehead atoms. The fourth-order valence-electron chi connectivity index (χ4n) is 9.82. The zero-order valence-corrected chi connectivity index (χ0v) is 34.9. The lowest BCUT2D eigenvalue weighted by molar-refractivity contribution is -0.151. The van der Waals surface area contributed by atoms with Gasteiger partial charge in [0.25, 0.3) is 5.91 Å². The Bertz CT molecular complexity index is 2150. The molecule has 4 heterocycles. The molecule has 3 amide bonds. The average molecular weight is 838 g/mol. The monoisotopic (exact) mass is 836 g/mol. The number of carbonyl (C=O) groups is 3. The first-order valence-electron chi connectivity index (χ1n) is 19.5. The molecule has 0 unspecified atom stereocenters. The van der Waals surface area contributed by atoms with Crippen LogP contribution in [0.2, 0.25) is 18.6 Å². The summed E-state index contributed by atoms with van der Waals surface area (Å²) in [6.07, 6.45) is 0.107. The van der Waals surface area contributed by atoms with Gasteiger partial charge in [-0.15, -0.1) is 0 Å². The summed E-state index contributed by atoms with van der Waals surface area (Å²) in [5, 5.41) is 14.8. The third kappa shape index (κ3) is 6.58. The molecule has 4 aliphatic heterocycles. The van der Waals surface area contributed by atoms with Crippen molar-refractivity contribution >= 4 is 58.3 Å². The standard InChI is InChI=1S/C44H49BrN4O6Si/c1-28-42(56(3,4)36-16-14-35(54-2)15-17-36)39(23-40(51)48-26-31-8-6-5-7-30(31)21-34(48)27-50)55-44(28)37-22-32(45)11-18-38(37)49(43(44)53)25-29-9-12-33(13-10-29)47-20-19-46-24-41(47)52/h5-18,22,28,34,39,42,46,50H,19-21,23-27H2,1-4H3/t28-,34-,39+,42-,44+/m0/s1. The highest BCUT2D eigenvalue weighted by molar-refractivity contribution is 9.10. The lowest BCUT2D eigenvalue weighted by atomic mass is 9.82. The highest BCUT2D eigenvalue weighted by atomic mass is 79.9. The van der Waals surface area contributed by atoms with Crippen molar-refractivity contribution in [3.63, 3.8) is 0 Å². The lowest BCUT2D eigenvalue weighted by Crippen LogP contribution is -2.52. The molecule has 4 aromatic rings. The van der Waals surface area contributed by atoms with Gasteiger partial charge in [0.05, 0.1) is 59.1 Å². The third-order valence-corrected chi connectivity index (χ3v) is 17.6. The zero-order chi connectivity index (χ0) is 39.4. The quantitative estimate of drug-likeness (QED) is 0.215. The highest BCUT2D eigenvalue weighted by Gasteiger charge is 2.66. The zero-order valence-electron chi connectivity index (χ0n) is 32.3. The van der Waals surface area contributed by atoms with Gasteiger partial charge in [-0.05, 0) is 71.1 Å². The van der Waals surface area contributed by atoms with E-state index in [4.69, 9.17) is 9.47 Å². The average Bonchev–Trinajstić information content (AvgIpc) is 3.63. The second kappa shape index (κ2) is 15.2. The second-order valence-corrected chi connectivity index (χ2v) is 21.7. The molecular formula is C44H49BrN4O6Si. The van der Waals surface area contributed by atoms with Gasteiger partial charge in [-0.25, -0.2) is 0 Å². The minimum atomic E-state index is -2.51. The normalized spacial score (nSPS) is 24.8. The van der Waals surface area contributed by atoms with Crippen molar-refractivity contribution < 1.29 is 29.0 Å². The van der Waals surface area contributed by atoms with Crippen LogP contribution in [0.3, 0.4) is 0 Å². The van der Waals surface area contributed by atoms with Gasteiger partial charge in [0.15, 0.2) is 5.60 Å². The number of piperazine rings is 1. The van der Waals surface area contributed by atoms with Crippen LogP contribution >= 0.6 is 15.9 Å². The second-order valence-electron chi connectivity index (χ2n) is 16.1. The van der Waals surface area contributed by atoms with Crippen LogP contribution in [0.5, 0.6) is 5.75 Å². The Morgan fingerprint density at radius 3 is 2.45 bits per heavy atom. The Morgan fingerprint density at radius 2 is 1.75 bits per heavy atom. The maximum absolute atomic E-state index is 15.3. The molecule has 292 valence electrons. The van der Waals surface area contributed by atoms with Gasteiger partial charge in [-0.3, -0.25) is 14.4 Å². The van der Waals surface area contributed by atoms with Crippen LogP contribution in [-0.2, 0) is 44.2 Å². The summed E-state index contributed by atoms with van der Waals surface area (Å²) in [6.45, 7) is 9.02. The summed E-state index contributed by atoms with van der Waals surface area (Å²) in [4.78, 5) is 47.9. The Labute approximate surface area is 337 Å². The summed E-state index contributed by atoms with van der Waals surface area (Å²) in [7, 11) is -0.854. The van der Waals surface area contributed by atoms with Gasteiger partial charge in [0.2, 0.25) is 11.8 Å². The fourth-order valence-corrected chi connectivity index (χ4v) is 14.2. The predicted octanol–water partition coefficient (Wildman–Crippen LogP) is 5.49. The minimum Gasteiger partial charge on any atom is -0.497 e. The number of rotatable bonds is 9. The van der Waals surface area contributed by atoms with E-state index < -0.39 is 19.8 Å². The highest BCUT2D eigenvalue weighted by Crippen LogP contribution is 2.60. The summed E-state index contributed by atoms with van der Waals surface area (Å²) in [6, 6.07) is 29.8. The molecule has 0 aliphatic carbocycles. The Morgan fingerprint density at radius 1 is 1.02 bits per heavy atom. The van der Waals surface area contributed by atoms with E-state index in [0.29, 0.717) is 32.6 Å². The van der Waals surface area contributed by atoms with Crippen molar-refractivity contribution in [2.45, 2.75) is 69.2 Å². The first kappa shape index (κ1) is 38.5. The number of methoxy groups -OCH3 is 1. The van der Waals surface area contributed by atoms with Crippen molar-refractivity contribution in [3.05, 3.63) is 118 Å². The van der Waals surface area contributed by atoms with Crippen LogP contribution < -0.4 is 25.0 Å². The van der Waals surface area contributed by atoms with Crippen LogP contribution in [0.1, 0.15) is 35.6 Å². The maximum atomic E-state index is 15.3. The largest absolute Gasteiger partial charge is 0.497 e. The SMILES string of the molecule is COc1ccc([Si](C)(C)[C@@H]2[C@@H](CC(=O)N3Cc4ccccc4C[C@H]3CO)O[C@]3(C(=O)N(Cc4ccc(N5CCNCC5=O)cc4)c4ccc(Br)cc43)[C@H]2C)cc1. The van der Waals surface area contributed by atoms with E-state index in [0.717, 1.165) is 50.4 Å². The summed E-state index contributed by atoms with van der Waals surface area (Å²) in [5.41, 5.74) is 4.12. The van der Waals surface area contributed by atoms with Crippen LogP contribution in [0, 0.1) is 5.92 Å². The number of hydrogen-bond acceptors (Lipinski definition) is 7. The molecule has 10 nitrogen and oxygen atoms in total. The van der Waals surface area contributed by atoms with Gasteiger partial charge < -0.3 is 34.6 Å². The molecule has 4 aliphatic rings. The van der Waals surface area contributed by atoms with Crippen molar-refractivity contribution in [1.29, 1.82) is 0 Å². The summed E-state index contributed by atoms with van der Waals surface area (Å²) in [5.74, 6) is 0.293. The van der Waals surface area contributed by atoms with E-state index in [9.17, 15) is 14.7 Å². The van der Waals surface area contributed by atoms with E-state index in [1.165, 1.54) is 5.19 Å². The van der Waals surface area contributed by atoms with Crippen molar-refractivity contribution in [1.82, 2.24) is 10.2 Å². The predicted molar refractivity (Wildman–Crippen MR) is 223 cm³/mol. The molecule has 2 N–H and O–H groups in total. The molecule has 1 spiro atoms. The van der Waals surface area contributed by atoms with E-state index in [-0.39, 0.29) is 48.3 Å². The smallest absolute Gasteiger partial charge is 0.264 e. The number of halogens is 1. The molecule has 12 heteroatoms. The van der Waals surface area contributed by atoms with Crippen LogP contribution in [-0.4, -0.2) is 81.3 Å². The molecule has 2 saturated heterocycles. The number of ether oxygens (including phenoxy) is 2. The lowest BCUT2D eigenvalue weighted by Gasteiger charge is -2.39. The molecule has 8 rings (SSSR count). The number of nitrogens with one attached hydrogen (secondary N) is 1. The van der Waals surface area contributed by atoms with Gasteiger partial charge in [-0.2, -0.15) is 0 Å². The first-order valence-corrected chi connectivity index (χ1v) is 23.3. The number of aliphatic hydroxyl groups is 1. The number of fused-ring (bicyclic) bond motifs is 3.